The highest BCUT2D eigenvalue weighted by Gasteiger charge is 2.31. The number of anilines is 1. The summed E-state index contributed by atoms with van der Waals surface area (Å²) in [4.78, 5) is 26.1. The number of aromatic nitrogens is 1. The number of carbonyl (C=O) groups is 2. The van der Waals surface area contributed by atoms with Crippen LogP contribution in [-0.2, 0) is 30.4 Å². The van der Waals surface area contributed by atoms with Gasteiger partial charge in [0.25, 0.3) is 5.91 Å². The Morgan fingerprint density at radius 2 is 2.12 bits per heavy atom. The van der Waals surface area contributed by atoms with Gasteiger partial charge < -0.3 is 14.6 Å². The topological polar surface area (TPSA) is 81.4 Å². The van der Waals surface area contributed by atoms with Gasteiger partial charge in [-0.25, -0.2) is 4.79 Å². The molecule has 0 bridgehead atoms. The third kappa shape index (κ3) is 2.76. The quantitative estimate of drug-likeness (QED) is 0.849. The van der Waals surface area contributed by atoms with Crippen LogP contribution in [-0.4, -0.2) is 24.1 Å². The molecule has 0 saturated heterocycles. The molecule has 2 aliphatic carbocycles. The number of ether oxygens (including phenoxy) is 1. The fourth-order valence-corrected chi connectivity index (χ4v) is 5.00. The van der Waals surface area contributed by atoms with Crippen molar-refractivity contribution in [3.63, 3.8) is 0 Å². The number of carbonyl (C=O) groups excluding carboxylic acids is 2. The van der Waals surface area contributed by atoms with E-state index in [-0.39, 0.29) is 5.91 Å². The molecule has 4 rings (SSSR count). The Balaban J connectivity index is 1.64. The summed E-state index contributed by atoms with van der Waals surface area (Å²) in [6.45, 7) is 2.16. The van der Waals surface area contributed by atoms with Crippen molar-refractivity contribution in [1.29, 1.82) is 0 Å². The number of amides is 1. The fraction of sp³-hybridized carbons (Fsp3) is 0.500. The van der Waals surface area contributed by atoms with Gasteiger partial charge in [-0.05, 0) is 43.6 Å². The summed E-state index contributed by atoms with van der Waals surface area (Å²) >= 11 is 1.46. The van der Waals surface area contributed by atoms with E-state index in [1.807, 2.05) is 0 Å². The zero-order valence-corrected chi connectivity index (χ0v) is 15.1. The van der Waals surface area contributed by atoms with Crippen LogP contribution in [0.2, 0.25) is 0 Å². The predicted molar refractivity (Wildman–Crippen MR) is 93.3 cm³/mol. The van der Waals surface area contributed by atoms with Crippen LogP contribution in [0.25, 0.3) is 0 Å². The van der Waals surface area contributed by atoms with Gasteiger partial charge in [0.05, 0.1) is 12.7 Å². The molecule has 0 saturated carbocycles. The molecule has 2 aromatic rings. The van der Waals surface area contributed by atoms with Crippen molar-refractivity contribution in [1.82, 2.24) is 5.16 Å². The highest BCUT2D eigenvalue weighted by atomic mass is 32.1. The van der Waals surface area contributed by atoms with Gasteiger partial charge in [-0.15, -0.1) is 11.3 Å². The largest absolute Gasteiger partial charge is 0.465 e. The minimum Gasteiger partial charge on any atom is -0.465 e. The highest BCUT2D eigenvalue weighted by molar-refractivity contribution is 7.17. The third-order valence-corrected chi connectivity index (χ3v) is 6.25. The van der Waals surface area contributed by atoms with Gasteiger partial charge in [0.15, 0.2) is 5.69 Å². The van der Waals surface area contributed by atoms with Gasteiger partial charge in [0.2, 0.25) is 0 Å². The standard InChI is InChI=1S/C18H20N2O4S/c1-9-6-7-12-11(8-9)15(20-24-12)16(21)19-17-14(18(22)23-2)10-4-3-5-13(10)25-17/h9H,3-8H2,1-2H3,(H,19,21). The number of aryl methyl sites for hydroxylation is 2. The minimum atomic E-state index is -0.398. The molecule has 1 amide bonds. The summed E-state index contributed by atoms with van der Waals surface area (Å²) in [6, 6.07) is 0. The van der Waals surface area contributed by atoms with Crippen LogP contribution in [0.5, 0.6) is 0 Å². The van der Waals surface area contributed by atoms with Crippen LogP contribution in [0.4, 0.5) is 5.00 Å². The number of fused-ring (bicyclic) bond motifs is 2. The summed E-state index contributed by atoms with van der Waals surface area (Å²) in [5.74, 6) is 0.606. The predicted octanol–water partition coefficient (Wildman–Crippen LogP) is 3.39. The molecule has 1 atom stereocenters. The summed E-state index contributed by atoms with van der Waals surface area (Å²) in [6.07, 6.45) is 5.49. The lowest BCUT2D eigenvalue weighted by molar-refractivity contribution is 0.0601. The van der Waals surface area contributed by atoms with E-state index >= 15 is 0 Å². The van der Waals surface area contributed by atoms with Crippen LogP contribution in [0.1, 0.15) is 62.4 Å². The average molecular weight is 360 g/mol. The molecule has 2 heterocycles. The summed E-state index contributed by atoms with van der Waals surface area (Å²) in [7, 11) is 1.36. The van der Waals surface area contributed by atoms with Gasteiger partial charge in [-0.3, -0.25) is 4.79 Å². The van der Waals surface area contributed by atoms with E-state index in [0.717, 1.165) is 60.3 Å². The zero-order chi connectivity index (χ0) is 17.6. The van der Waals surface area contributed by atoms with E-state index in [4.69, 9.17) is 9.26 Å². The monoisotopic (exact) mass is 360 g/mol. The van der Waals surface area contributed by atoms with Gasteiger partial charge in [-0.2, -0.15) is 0 Å². The lowest BCUT2D eigenvalue weighted by atomic mass is 9.88. The third-order valence-electron chi connectivity index (χ3n) is 5.04. The maximum atomic E-state index is 12.8. The Kier molecular flexibility index (Phi) is 4.11. The average Bonchev–Trinajstić information content (AvgIpc) is 3.27. The first kappa shape index (κ1) is 16.3. The van der Waals surface area contributed by atoms with E-state index in [1.54, 1.807) is 0 Å². The van der Waals surface area contributed by atoms with Crippen molar-refractivity contribution in [3.05, 3.63) is 33.0 Å². The molecule has 0 radical (unpaired) electrons. The molecule has 0 aromatic carbocycles. The Morgan fingerprint density at radius 1 is 1.28 bits per heavy atom. The minimum absolute atomic E-state index is 0.316. The molecule has 2 aliphatic rings. The van der Waals surface area contributed by atoms with E-state index < -0.39 is 5.97 Å². The maximum absolute atomic E-state index is 12.8. The Labute approximate surface area is 149 Å². The molecule has 7 heteroatoms. The normalized spacial score (nSPS) is 18.6. The highest BCUT2D eigenvalue weighted by Crippen LogP contribution is 2.40. The van der Waals surface area contributed by atoms with Crippen molar-refractivity contribution < 1.29 is 18.8 Å². The van der Waals surface area contributed by atoms with Gasteiger partial charge in [-0.1, -0.05) is 12.1 Å². The Bertz CT molecular complexity index is 852. The summed E-state index contributed by atoms with van der Waals surface area (Å²) in [5.41, 5.74) is 2.76. The van der Waals surface area contributed by atoms with Crippen molar-refractivity contribution in [2.75, 3.05) is 12.4 Å². The SMILES string of the molecule is COC(=O)c1c(NC(=O)c2noc3c2CC(C)CC3)sc2c1CCC2. The summed E-state index contributed by atoms with van der Waals surface area (Å²) < 4.78 is 10.3. The van der Waals surface area contributed by atoms with Crippen molar-refractivity contribution >= 4 is 28.2 Å². The lowest BCUT2D eigenvalue weighted by Gasteiger charge is -2.16. The number of rotatable bonds is 3. The molecular weight excluding hydrogens is 340 g/mol. The van der Waals surface area contributed by atoms with Crippen LogP contribution in [0, 0.1) is 5.92 Å². The molecule has 132 valence electrons. The Morgan fingerprint density at radius 3 is 2.92 bits per heavy atom. The van der Waals surface area contributed by atoms with Crippen molar-refractivity contribution in [2.24, 2.45) is 5.92 Å². The summed E-state index contributed by atoms with van der Waals surface area (Å²) in [5, 5.41) is 7.42. The van der Waals surface area contributed by atoms with E-state index in [1.165, 1.54) is 18.4 Å². The number of nitrogens with one attached hydrogen (secondary N) is 1. The smallest absolute Gasteiger partial charge is 0.341 e. The molecule has 1 N–H and O–H groups in total. The van der Waals surface area contributed by atoms with E-state index in [0.29, 0.717) is 22.2 Å². The van der Waals surface area contributed by atoms with Crippen molar-refractivity contribution in [2.45, 2.75) is 45.4 Å². The molecular formula is C18H20N2O4S. The van der Waals surface area contributed by atoms with Gasteiger partial charge in [0, 0.05) is 16.9 Å². The van der Waals surface area contributed by atoms with Crippen molar-refractivity contribution in [3.8, 4) is 0 Å². The first-order valence-electron chi connectivity index (χ1n) is 8.60. The van der Waals surface area contributed by atoms with Gasteiger partial charge >= 0.3 is 5.97 Å². The Hall–Kier alpha value is -2.15. The van der Waals surface area contributed by atoms with Crippen LogP contribution >= 0.6 is 11.3 Å². The maximum Gasteiger partial charge on any atom is 0.341 e. The number of thiophene rings is 1. The number of nitrogens with zero attached hydrogens (tertiary/aromatic N) is 1. The first-order valence-corrected chi connectivity index (χ1v) is 9.41. The molecule has 0 spiro atoms. The zero-order valence-electron chi connectivity index (χ0n) is 14.3. The number of methoxy groups -OCH3 is 1. The second-order valence-electron chi connectivity index (χ2n) is 6.79. The second-order valence-corrected chi connectivity index (χ2v) is 7.89. The number of esters is 1. The molecule has 0 fully saturated rings. The van der Waals surface area contributed by atoms with Gasteiger partial charge in [0.1, 0.15) is 10.8 Å². The number of hydrogen-bond donors (Lipinski definition) is 1. The second kappa shape index (κ2) is 6.29. The fourth-order valence-electron chi connectivity index (χ4n) is 3.73. The molecule has 6 nitrogen and oxygen atoms in total. The molecule has 2 aromatic heterocycles. The molecule has 25 heavy (non-hydrogen) atoms. The van der Waals surface area contributed by atoms with Crippen LogP contribution < -0.4 is 5.32 Å². The molecule has 0 aliphatic heterocycles. The lowest BCUT2D eigenvalue weighted by Crippen LogP contribution is -2.19. The van der Waals surface area contributed by atoms with E-state index in [2.05, 4.69) is 17.4 Å². The van der Waals surface area contributed by atoms with E-state index in [9.17, 15) is 9.59 Å². The number of hydrogen-bond acceptors (Lipinski definition) is 6. The first-order chi connectivity index (χ1) is 12.1. The van der Waals surface area contributed by atoms with Crippen LogP contribution in [0.15, 0.2) is 4.52 Å². The molecule has 1 unspecified atom stereocenters. The van der Waals surface area contributed by atoms with Crippen LogP contribution in [0.3, 0.4) is 0 Å².